The van der Waals surface area contributed by atoms with Crippen molar-refractivity contribution in [2.75, 3.05) is 62.2 Å². The zero-order valence-electron chi connectivity index (χ0n) is 37.2. The first-order valence-electron chi connectivity index (χ1n) is 22.3. The molecular weight excluding hydrogens is 787 g/mol. The predicted octanol–water partition coefficient (Wildman–Crippen LogP) is 11.2. The number of nitrogens with two attached hydrogens (primary N) is 2. The van der Waals surface area contributed by atoms with Crippen LogP contribution in [0.5, 0.6) is 0 Å². The van der Waals surface area contributed by atoms with Gasteiger partial charge in [0.15, 0.2) is 0 Å². The Labute approximate surface area is 370 Å². The number of anilines is 2. The van der Waals surface area contributed by atoms with Gasteiger partial charge in [-0.3, -0.25) is 9.80 Å². The van der Waals surface area contributed by atoms with Gasteiger partial charge in [0.25, 0.3) is 0 Å². The van der Waals surface area contributed by atoms with Crippen LogP contribution >= 0.6 is 23.2 Å². The Kier molecular flexibility index (Phi) is 13.4. The molecule has 6 nitrogen and oxygen atoms in total. The number of halogens is 3. The van der Waals surface area contributed by atoms with Gasteiger partial charge in [0.05, 0.1) is 0 Å². The topological polar surface area (TPSA) is 65.0 Å². The number of nitrogens with zero attached hydrogens (tertiary/aromatic N) is 4. The third-order valence-electron chi connectivity index (χ3n) is 13.9. The largest absolute Gasteiger partial charge is 0.366 e. The maximum Gasteiger partial charge on any atom is 0.123 e. The lowest BCUT2D eigenvalue weighted by molar-refractivity contribution is 0.102. The summed E-state index contributed by atoms with van der Waals surface area (Å²) in [5.41, 5.74) is 21.6. The summed E-state index contributed by atoms with van der Waals surface area (Å²) in [4.78, 5) is 10.4. The van der Waals surface area contributed by atoms with Crippen molar-refractivity contribution in [2.45, 2.75) is 121 Å². The fourth-order valence-electron chi connectivity index (χ4n) is 11.0. The minimum absolute atomic E-state index is 0.00873. The second-order valence-corrected chi connectivity index (χ2v) is 21.1. The fraction of sp³-hybridized carbons (Fsp3) is 0.529. The molecule has 4 aromatic carbocycles. The van der Waals surface area contributed by atoms with E-state index in [9.17, 15) is 4.39 Å². The number of rotatable bonds is 8. The zero-order chi connectivity index (χ0) is 43.0. The Balaban J connectivity index is 0.000000181. The summed E-state index contributed by atoms with van der Waals surface area (Å²) in [5, 5.41) is 1.54. The molecule has 0 amide bonds. The Morgan fingerprint density at radius 3 is 1.43 bits per heavy atom. The van der Waals surface area contributed by atoms with E-state index < -0.39 is 0 Å². The Morgan fingerprint density at radius 1 is 0.600 bits per heavy atom. The molecule has 4 N–H and O–H groups in total. The smallest absolute Gasteiger partial charge is 0.123 e. The van der Waals surface area contributed by atoms with E-state index in [4.69, 9.17) is 34.7 Å². The average Bonchev–Trinajstić information content (AvgIpc) is 3.68. The van der Waals surface area contributed by atoms with E-state index in [1.54, 1.807) is 17.7 Å². The summed E-state index contributed by atoms with van der Waals surface area (Å²) in [5.74, 6) is -0.141. The van der Waals surface area contributed by atoms with Gasteiger partial charge in [-0.1, -0.05) is 65.2 Å². The van der Waals surface area contributed by atoms with Crippen LogP contribution in [0.1, 0.15) is 120 Å². The first-order chi connectivity index (χ1) is 28.5. The molecule has 0 radical (unpaired) electrons. The van der Waals surface area contributed by atoms with Gasteiger partial charge in [-0.15, -0.1) is 0 Å². The van der Waals surface area contributed by atoms with Gasteiger partial charge in [0.2, 0.25) is 0 Å². The van der Waals surface area contributed by atoms with Gasteiger partial charge in [-0.05, 0) is 184 Å². The quantitative estimate of drug-likeness (QED) is 0.184. The second-order valence-electron chi connectivity index (χ2n) is 20.2. The molecule has 2 fully saturated rings. The lowest BCUT2D eigenvalue weighted by Crippen LogP contribution is -2.52. The molecule has 0 aliphatic carbocycles. The monoisotopic (exact) mass is 854 g/mol. The first kappa shape index (κ1) is 44.9. The molecule has 2 spiro atoms. The van der Waals surface area contributed by atoms with Crippen molar-refractivity contribution in [3.8, 4) is 0 Å². The van der Waals surface area contributed by atoms with E-state index in [0.29, 0.717) is 19.1 Å². The van der Waals surface area contributed by atoms with E-state index in [2.05, 4.69) is 111 Å². The Hall–Kier alpha value is -3.17. The highest BCUT2D eigenvalue weighted by molar-refractivity contribution is 6.30. The fourth-order valence-corrected chi connectivity index (χ4v) is 11.2. The molecule has 0 bridgehead atoms. The highest BCUT2D eigenvalue weighted by Gasteiger charge is 2.50. The minimum atomic E-state index is -0.141. The third-order valence-corrected chi connectivity index (χ3v) is 14.4. The van der Waals surface area contributed by atoms with Gasteiger partial charge in [-0.25, -0.2) is 4.39 Å². The van der Waals surface area contributed by atoms with E-state index in [-0.39, 0.29) is 33.8 Å². The number of benzene rings is 4. The Bertz CT molecular complexity index is 1930. The molecule has 0 aromatic heterocycles. The van der Waals surface area contributed by atoms with Crippen LogP contribution in [0.15, 0.2) is 84.9 Å². The van der Waals surface area contributed by atoms with Crippen molar-refractivity contribution in [3.05, 3.63) is 129 Å². The molecule has 2 saturated heterocycles. The number of aryl methyl sites for hydroxylation is 1. The molecule has 4 heterocycles. The van der Waals surface area contributed by atoms with Crippen LogP contribution < -0.4 is 21.3 Å². The number of piperidine rings is 2. The second kappa shape index (κ2) is 17.9. The molecule has 4 aliphatic heterocycles. The summed E-state index contributed by atoms with van der Waals surface area (Å²) in [6, 6.07) is 29.6. The summed E-state index contributed by atoms with van der Waals surface area (Å²) in [6.45, 7) is 23.5. The van der Waals surface area contributed by atoms with Crippen LogP contribution in [0.25, 0.3) is 0 Å². The SMILES string of the molecule is CC(C)(C)N1C[C@]2(CCCN([C@H](CCN)c3ccc(Cl)cc3)C2)c2cc(F)ccc21.Cc1ccc2c(c1)[C@@]1(CCCN([C@@H](CCN)c3ccc(Cl)cc3)C1)CN2C(C)(C)C. The van der Waals surface area contributed by atoms with Gasteiger partial charge >= 0.3 is 0 Å². The van der Waals surface area contributed by atoms with Gasteiger partial charge < -0.3 is 21.3 Å². The Morgan fingerprint density at radius 2 is 1.02 bits per heavy atom. The average molecular weight is 856 g/mol. The van der Waals surface area contributed by atoms with Crippen molar-refractivity contribution in [3.63, 3.8) is 0 Å². The molecule has 0 saturated carbocycles. The van der Waals surface area contributed by atoms with Gasteiger partial charge in [0, 0.05) is 81.6 Å². The van der Waals surface area contributed by atoms with Crippen molar-refractivity contribution < 1.29 is 4.39 Å². The lowest BCUT2D eigenvalue weighted by atomic mass is 9.74. The maximum absolute atomic E-state index is 14.3. The summed E-state index contributed by atoms with van der Waals surface area (Å²) >= 11 is 12.3. The van der Waals surface area contributed by atoms with Gasteiger partial charge in [0.1, 0.15) is 5.82 Å². The van der Waals surface area contributed by atoms with E-state index in [1.807, 2.05) is 30.3 Å². The van der Waals surface area contributed by atoms with Crippen LogP contribution in [-0.2, 0) is 10.8 Å². The van der Waals surface area contributed by atoms with Crippen molar-refractivity contribution in [2.24, 2.45) is 11.5 Å². The standard InChI is InChI=1S/C26H36ClN3.C25H33ClFN3/c1-19-6-11-24-22(16-19)26(18-30(24)25(2,3)4)13-5-15-29(17-26)23(12-14-28)20-7-9-21(27)10-8-20;1-24(2,3)30-17-25(21-15-20(27)9-10-23(21)30)12-4-14-29(16-25)22(11-13-28)18-5-7-19(26)8-6-18/h6-11,16,23H,5,12-15,17-18,28H2,1-4H3;5-10,15,22H,4,11-14,16-17,28H2,1-3H3/t23-,26+;22-,25-/m01/s1. The molecular formula is C51H69Cl2FN6. The molecule has 60 heavy (non-hydrogen) atoms. The van der Waals surface area contributed by atoms with Crippen LogP contribution in [0.4, 0.5) is 15.8 Å². The number of likely N-dealkylation sites (tertiary alicyclic amines) is 2. The van der Waals surface area contributed by atoms with Gasteiger partial charge in [-0.2, -0.15) is 0 Å². The predicted molar refractivity (Wildman–Crippen MR) is 252 cm³/mol. The number of hydrogen-bond acceptors (Lipinski definition) is 6. The van der Waals surface area contributed by atoms with E-state index in [0.717, 1.165) is 75.0 Å². The molecule has 0 unspecified atom stereocenters. The summed E-state index contributed by atoms with van der Waals surface area (Å²) < 4.78 is 14.3. The molecule has 8 rings (SSSR count). The van der Waals surface area contributed by atoms with Crippen LogP contribution in [0.2, 0.25) is 10.0 Å². The molecule has 9 heteroatoms. The molecule has 4 aliphatic rings. The third kappa shape index (κ3) is 9.28. The van der Waals surface area contributed by atoms with E-state index in [1.165, 1.54) is 46.5 Å². The highest BCUT2D eigenvalue weighted by atomic mass is 35.5. The summed E-state index contributed by atoms with van der Waals surface area (Å²) in [7, 11) is 0. The first-order valence-corrected chi connectivity index (χ1v) is 23.1. The minimum Gasteiger partial charge on any atom is -0.366 e. The van der Waals surface area contributed by atoms with Crippen LogP contribution in [-0.4, -0.2) is 73.2 Å². The van der Waals surface area contributed by atoms with Crippen LogP contribution in [0.3, 0.4) is 0 Å². The maximum atomic E-state index is 14.3. The lowest BCUT2D eigenvalue weighted by Gasteiger charge is -2.45. The normalized spacial score (nSPS) is 23.1. The number of hydrogen-bond donors (Lipinski definition) is 2. The molecule has 4 atom stereocenters. The number of fused-ring (bicyclic) bond motifs is 4. The molecule has 324 valence electrons. The summed E-state index contributed by atoms with van der Waals surface area (Å²) in [6.07, 6.45) is 6.53. The van der Waals surface area contributed by atoms with Crippen molar-refractivity contribution in [1.82, 2.24) is 9.80 Å². The highest BCUT2D eigenvalue weighted by Crippen LogP contribution is 2.51. The van der Waals surface area contributed by atoms with E-state index >= 15 is 0 Å². The molecule has 4 aromatic rings. The van der Waals surface area contributed by atoms with Crippen molar-refractivity contribution in [1.29, 1.82) is 0 Å². The van der Waals surface area contributed by atoms with Crippen LogP contribution in [0, 0.1) is 12.7 Å². The van der Waals surface area contributed by atoms with Crippen molar-refractivity contribution >= 4 is 34.6 Å². The zero-order valence-corrected chi connectivity index (χ0v) is 38.7.